The molecular formula is C20H25BrN3O+. The number of hydrogen-bond acceptors (Lipinski definition) is 2. The van der Waals surface area contributed by atoms with Crippen molar-refractivity contribution in [2.24, 2.45) is 0 Å². The zero-order valence-electron chi connectivity index (χ0n) is 14.6. The van der Waals surface area contributed by atoms with E-state index in [2.05, 4.69) is 51.2 Å². The smallest absolute Gasteiger partial charge is 0.277 e. The van der Waals surface area contributed by atoms with Gasteiger partial charge in [-0.25, -0.2) is 0 Å². The van der Waals surface area contributed by atoms with Gasteiger partial charge >= 0.3 is 0 Å². The van der Waals surface area contributed by atoms with Crippen molar-refractivity contribution in [2.45, 2.75) is 6.54 Å². The Balaban J connectivity index is 1.48. The molecule has 1 fully saturated rings. The third kappa shape index (κ3) is 4.83. The molecule has 0 radical (unpaired) electrons. The van der Waals surface area contributed by atoms with Crippen molar-refractivity contribution in [2.75, 3.05) is 44.7 Å². The fourth-order valence-corrected chi connectivity index (χ4v) is 3.63. The molecule has 0 aromatic heterocycles. The maximum absolute atomic E-state index is 12.6. The van der Waals surface area contributed by atoms with E-state index in [4.69, 9.17) is 0 Å². The number of carbonyl (C=O) groups is 1. The second-order valence-corrected chi connectivity index (χ2v) is 7.44. The third-order valence-corrected chi connectivity index (χ3v) is 5.56. The van der Waals surface area contributed by atoms with Gasteiger partial charge < -0.3 is 14.7 Å². The van der Waals surface area contributed by atoms with E-state index < -0.39 is 0 Å². The molecule has 132 valence electrons. The SMILES string of the molecule is CN(Cc1ccccc1Br)C(=O)C[NH+]1CCN(c2ccccc2)CC1. The van der Waals surface area contributed by atoms with Crippen LogP contribution < -0.4 is 9.80 Å². The molecule has 2 aromatic carbocycles. The van der Waals surface area contributed by atoms with Crippen LogP contribution in [-0.2, 0) is 11.3 Å². The van der Waals surface area contributed by atoms with Crippen LogP contribution in [0.25, 0.3) is 0 Å². The van der Waals surface area contributed by atoms with Crippen molar-refractivity contribution in [1.82, 2.24) is 4.90 Å². The Morgan fingerprint density at radius 1 is 1.08 bits per heavy atom. The van der Waals surface area contributed by atoms with E-state index in [1.54, 1.807) is 0 Å². The molecule has 4 nitrogen and oxygen atoms in total. The van der Waals surface area contributed by atoms with E-state index in [0.717, 1.165) is 36.2 Å². The Morgan fingerprint density at radius 2 is 1.72 bits per heavy atom. The first-order chi connectivity index (χ1) is 12.1. The van der Waals surface area contributed by atoms with Crippen LogP contribution in [-0.4, -0.2) is 50.6 Å². The molecular weight excluding hydrogens is 378 g/mol. The highest BCUT2D eigenvalue weighted by atomic mass is 79.9. The zero-order valence-corrected chi connectivity index (χ0v) is 16.2. The first kappa shape index (κ1) is 18.0. The lowest BCUT2D eigenvalue weighted by atomic mass is 10.2. The Hall–Kier alpha value is -1.85. The van der Waals surface area contributed by atoms with Gasteiger partial charge in [0.15, 0.2) is 6.54 Å². The number of likely N-dealkylation sites (N-methyl/N-ethyl adjacent to an activating group) is 1. The van der Waals surface area contributed by atoms with Gasteiger partial charge in [0, 0.05) is 23.8 Å². The quantitative estimate of drug-likeness (QED) is 0.825. The van der Waals surface area contributed by atoms with Gasteiger partial charge in [-0.15, -0.1) is 0 Å². The number of nitrogens with one attached hydrogen (secondary N) is 1. The number of benzene rings is 2. The predicted octanol–water partition coefficient (Wildman–Crippen LogP) is 1.81. The molecule has 1 aliphatic heterocycles. The summed E-state index contributed by atoms with van der Waals surface area (Å²) >= 11 is 3.55. The molecule has 25 heavy (non-hydrogen) atoms. The van der Waals surface area contributed by atoms with E-state index in [0.29, 0.717) is 13.1 Å². The number of hydrogen-bond donors (Lipinski definition) is 1. The zero-order chi connectivity index (χ0) is 17.6. The highest BCUT2D eigenvalue weighted by Crippen LogP contribution is 2.17. The molecule has 0 aliphatic carbocycles. The van der Waals surface area contributed by atoms with Gasteiger partial charge in [-0.1, -0.05) is 52.3 Å². The standard InChI is InChI=1S/C20H24BrN3O/c1-22(15-17-7-5-6-10-19(17)21)20(25)16-23-11-13-24(14-12-23)18-8-3-2-4-9-18/h2-10H,11-16H2,1H3/p+1. The fraction of sp³-hybridized carbons (Fsp3) is 0.350. The maximum atomic E-state index is 12.6. The number of quaternary nitrogens is 1. The van der Waals surface area contributed by atoms with Crippen molar-refractivity contribution >= 4 is 27.5 Å². The Morgan fingerprint density at radius 3 is 2.40 bits per heavy atom. The first-order valence-corrected chi connectivity index (χ1v) is 9.54. The summed E-state index contributed by atoms with van der Waals surface area (Å²) in [5, 5.41) is 0. The van der Waals surface area contributed by atoms with E-state index in [1.807, 2.05) is 36.2 Å². The molecule has 1 N–H and O–H groups in total. The van der Waals surface area contributed by atoms with Crippen molar-refractivity contribution < 1.29 is 9.69 Å². The largest absolute Gasteiger partial charge is 0.360 e. The van der Waals surface area contributed by atoms with Crippen LogP contribution in [0.1, 0.15) is 5.56 Å². The van der Waals surface area contributed by atoms with Crippen LogP contribution in [0.3, 0.4) is 0 Å². The number of anilines is 1. The number of nitrogens with zero attached hydrogens (tertiary/aromatic N) is 2. The van der Waals surface area contributed by atoms with Gasteiger partial charge in [-0.05, 0) is 23.8 Å². The van der Waals surface area contributed by atoms with Crippen LogP contribution in [0.15, 0.2) is 59.1 Å². The van der Waals surface area contributed by atoms with Crippen molar-refractivity contribution in [3.63, 3.8) is 0 Å². The maximum Gasteiger partial charge on any atom is 0.277 e. The van der Waals surface area contributed by atoms with Crippen molar-refractivity contribution in [3.05, 3.63) is 64.6 Å². The number of carbonyl (C=O) groups excluding carboxylic acids is 1. The van der Waals surface area contributed by atoms with Crippen LogP contribution in [0, 0.1) is 0 Å². The van der Waals surface area contributed by atoms with Crippen LogP contribution in [0.5, 0.6) is 0 Å². The number of rotatable bonds is 5. The van der Waals surface area contributed by atoms with Gasteiger partial charge in [0.25, 0.3) is 5.91 Å². The molecule has 3 rings (SSSR count). The van der Waals surface area contributed by atoms with Crippen LogP contribution in [0.4, 0.5) is 5.69 Å². The molecule has 0 atom stereocenters. The summed E-state index contributed by atoms with van der Waals surface area (Å²) in [5.74, 6) is 0.207. The molecule has 1 aliphatic rings. The van der Waals surface area contributed by atoms with Crippen LogP contribution in [0.2, 0.25) is 0 Å². The topological polar surface area (TPSA) is 28.0 Å². The van der Waals surface area contributed by atoms with E-state index in [1.165, 1.54) is 10.6 Å². The normalized spacial score (nSPS) is 15.2. The molecule has 1 saturated heterocycles. The number of piperazine rings is 1. The summed E-state index contributed by atoms with van der Waals surface area (Å²) in [6, 6.07) is 18.6. The van der Waals surface area contributed by atoms with E-state index >= 15 is 0 Å². The number of amides is 1. The number of para-hydroxylation sites is 1. The van der Waals surface area contributed by atoms with Gasteiger partial charge in [-0.3, -0.25) is 4.79 Å². The first-order valence-electron chi connectivity index (χ1n) is 8.74. The fourth-order valence-electron chi connectivity index (χ4n) is 3.22. The average molecular weight is 403 g/mol. The molecule has 0 bridgehead atoms. The number of halogens is 1. The van der Waals surface area contributed by atoms with Gasteiger partial charge in [-0.2, -0.15) is 0 Å². The van der Waals surface area contributed by atoms with E-state index in [-0.39, 0.29) is 5.91 Å². The lowest BCUT2D eigenvalue weighted by Gasteiger charge is -2.34. The van der Waals surface area contributed by atoms with Gasteiger partial charge in [0.05, 0.1) is 26.2 Å². The summed E-state index contributed by atoms with van der Waals surface area (Å²) in [6.07, 6.45) is 0. The molecule has 0 spiro atoms. The lowest BCUT2D eigenvalue weighted by molar-refractivity contribution is -0.892. The van der Waals surface area contributed by atoms with Crippen LogP contribution >= 0.6 is 15.9 Å². The minimum absolute atomic E-state index is 0.207. The molecule has 2 aromatic rings. The van der Waals surface area contributed by atoms with E-state index in [9.17, 15) is 4.79 Å². The Kier molecular flexibility index (Phi) is 6.10. The van der Waals surface area contributed by atoms with Crippen molar-refractivity contribution in [1.29, 1.82) is 0 Å². The Bertz CT molecular complexity index is 699. The highest BCUT2D eigenvalue weighted by molar-refractivity contribution is 9.10. The third-order valence-electron chi connectivity index (χ3n) is 4.78. The van der Waals surface area contributed by atoms with Crippen molar-refractivity contribution in [3.8, 4) is 0 Å². The summed E-state index contributed by atoms with van der Waals surface area (Å²) in [4.78, 5) is 18.2. The highest BCUT2D eigenvalue weighted by Gasteiger charge is 2.23. The summed E-state index contributed by atoms with van der Waals surface area (Å²) in [5.41, 5.74) is 2.42. The summed E-state index contributed by atoms with van der Waals surface area (Å²) < 4.78 is 1.05. The molecule has 1 amide bonds. The Labute approximate surface area is 158 Å². The molecule has 0 unspecified atom stereocenters. The predicted molar refractivity (Wildman–Crippen MR) is 105 cm³/mol. The molecule has 1 heterocycles. The lowest BCUT2D eigenvalue weighted by Crippen LogP contribution is -3.15. The average Bonchev–Trinajstić information content (AvgIpc) is 2.65. The monoisotopic (exact) mass is 402 g/mol. The summed E-state index contributed by atoms with van der Waals surface area (Å²) in [6.45, 7) is 5.22. The summed E-state index contributed by atoms with van der Waals surface area (Å²) in [7, 11) is 1.89. The van der Waals surface area contributed by atoms with Gasteiger partial charge in [0.2, 0.25) is 0 Å². The molecule has 0 saturated carbocycles. The minimum Gasteiger partial charge on any atom is -0.360 e. The second-order valence-electron chi connectivity index (χ2n) is 6.59. The van der Waals surface area contributed by atoms with Gasteiger partial charge in [0.1, 0.15) is 0 Å². The minimum atomic E-state index is 0.207. The second kappa shape index (κ2) is 8.50. The molecule has 5 heteroatoms.